The van der Waals surface area contributed by atoms with E-state index in [1.807, 2.05) is 6.92 Å². The summed E-state index contributed by atoms with van der Waals surface area (Å²) in [6.07, 6.45) is 13.4. The molecule has 0 unspecified atom stereocenters. The van der Waals surface area contributed by atoms with Crippen LogP contribution in [0.4, 0.5) is 0 Å². The van der Waals surface area contributed by atoms with Crippen molar-refractivity contribution in [1.82, 2.24) is 0 Å². The quantitative estimate of drug-likeness (QED) is 0.246. The van der Waals surface area contributed by atoms with Gasteiger partial charge in [0.1, 0.15) is 0 Å². The van der Waals surface area contributed by atoms with Crippen molar-refractivity contribution >= 4 is 10.4 Å². The molecule has 0 aromatic heterocycles. The van der Waals surface area contributed by atoms with Crippen LogP contribution < -0.4 is 0 Å². The average molecular weight is 383 g/mol. The normalized spacial score (nSPS) is 11.9. The third-order valence-electron chi connectivity index (χ3n) is 3.95. The third kappa shape index (κ3) is 23.8. The number of hydrogen-bond donors (Lipinski definition) is 1. The molecule has 0 aromatic carbocycles. The van der Waals surface area contributed by atoms with Gasteiger partial charge >= 0.3 is 10.4 Å². The van der Waals surface area contributed by atoms with E-state index in [1.54, 1.807) is 0 Å². The van der Waals surface area contributed by atoms with Crippen molar-refractivity contribution in [1.29, 1.82) is 0 Å². The minimum atomic E-state index is -4.27. The highest BCUT2D eigenvalue weighted by molar-refractivity contribution is 7.80. The van der Waals surface area contributed by atoms with E-state index in [2.05, 4.69) is 4.18 Å². The smallest absolute Gasteiger partial charge is 0.382 e. The molecule has 0 fully saturated rings. The predicted molar refractivity (Wildman–Crippen MR) is 100 cm³/mol. The Kier molecular flexibility index (Phi) is 18.4. The number of hydrogen-bond acceptors (Lipinski definition) is 5. The number of ether oxygens (including phenoxy) is 2. The topological polar surface area (TPSA) is 82.1 Å². The van der Waals surface area contributed by atoms with Crippen LogP contribution in [0.2, 0.25) is 0 Å². The molecule has 0 rings (SSSR count). The second-order valence-corrected chi connectivity index (χ2v) is 7.39. The zero-order chi connectivity index (χ0) is 18.6. The van der Waals surface area contributed by atoms with Gasteiger partial charge < -0.3 is 9.47 Å². The Balaban J connectivity index is 3.03. The lowest BCUT2D eigenvalue weighted by Gasteiger charge is -2.05. The Bertz CT molecular complexity index is 359. The molecule has 0 atom stereocenters. The van der Waals surface area contributed by atoms with E-state index in [-0.39, 0.29) is 6.61 Å². The molecule has 0 saturated heterocycles. The monoisotopic (exact) mass is 382 g/mol. The van der Waals surface area contributed by atoms with E-state index in [9.17, 15) is 8.42 Å². The molecule has 0 heterocycles. The van der Waals surface area contributed by atoms with Crippen LogP contribution in [0.5, 0.6) is 0 Å². The van der Waals surface area contributed by atoms with Gasteiger partial charge in [0.15, 0.2) is 0 Å². The number of unbranched alkanes of at least 4 members (excludes halogenated alkanes) is 10. The minimum absolute atomic E-state index is 0.0640. The van der Waals surface area contributed by atoms with Gasteiger partial charge in [0, 0.05) is 26.4 Å². The van der Waals surface area contributed by atoms with Crippen molar-refractivity contribution in [3.05, 3.63) is 0 Å². The molecule has 0 aromatic rings. The summed E-state index contributed by atoms with van der Waals surface area (Å²) in [5.74, 6) is 0. The fourth-order valence-electron chi connectivity index (χ4n) is 2.54. The molecular weight excluding hydrogens is 344 g/mol. The standard InChI is InChI=1S/C18H38O6S/c1-2-22-15-11-7-3-4-8-12-16-23-17-13-9-5-6-10-14-18-24-25(19,20)21/h2-18H2,1H3,(H,19,20,21). The molecule has 152 valence electrons. The van der Waals surface area contributed by atoms with E-state index < -0.39 is 10.4 Å². The van der Waals surface area contributed by atoms with E-state index in [1.165, 1.54) is 32.1 Å². The lowest BCUT2D eigenvalue weighted by Crippen LogP contribution is -2.04. The zero-order valence-corrected chi connectivity index (χ0v) is 16.7. The Hall–Kier alpha value is -0.210. The van der Waals surface area contributed by atoms with E-state index in [0.29, 0.717) is 6.42 Å². The van der Waals surface area contributed by atoms with Crippen LogP contribution in [0.1, 0.15) is 84.0 Å². The van der Waals surface area contributed by atoms with E-state index in [4.69, 9.17) is 14.0 Å². The molecule has 0 aliphatic heterocycles. The van der Waals surface area contributed by atoms with Gasteiger partial charge in [-0.05, 0) is 32.6 Å². The molecule has 0 amide bonds. The summed E-state index contributed by atoms with van der Waals surface area (Å²) in [7, 11) is -4.27. The lowest BCUT2D eigenvalue weighted by atomic mass is 10.1. The summed E-state index contributed by atoms with van der Waals surface area (Å²) in [5, 5.41) is 0. The lowest BCUT2D eigenvalue weighted by molar-refractivity contribution is 0.125. The van der Waals surface area contributed by atoms with Crippen LogP contribution >= 0.6 is 0 Å². The summed E-state index contributed by atoms with van der Waals surface area (Å²) in [6, 6.07) is 0. The highest BCUT2D eigenvalue weighted by Crippen LogP contribution is 2.08. The molecule has 1 N–H and O–H groups in total. The summed E-state index contributed by atoms with van der Waals surface area (Å²) >= 11 is 0. The van der Waals surface area contributed by atoms with Gasteiger partial charge in [-0.3, -0.25) is 4.55 Å². The largest absolute Gasteiger partial charge is 0.397 e. The van der Waals surface area contributed by atoms with Crippen LogP contribution in [-0.4, -0.2) is 46.0 Å². The van der Waals surface area contributed by atoms with Gasteiger partial charge in [0.25, 0.3) is 0 Å². The van der Waals surface area contributed by atoms with Crippen molar-refractivity contribution in [2.45, 2.75) is 84.0 Å². The van der Waals surface area contributed by atoms with Crippen LogP contribution in [-0.2, 0) is 24.1 Å². The van der Waals surface area contributed by atoms with Crippen molar-refractivity contribution < 1.29 is 26.6 Å². The molecule has 0 radical (unpaired) electrons. The fraction of sp³-hybridized carbons (Fsp3) is 1.00. The van der Waals surface area contributed by atoms with E-state index >= 15 is 0 Å². The van der Waals surface area contributed by atoms with Gasteiger partial charge in [0.05, 0.1) is 6.61 Å². The van der Waals surface area contributed by atoms with Crippen molar-refractivity contribution in [2.24, 2.45) is 0 Å². The second-order valence-electron chi connectivity index (χ2n) is 6.30. The molecule has 0 aliphatic carbocycles. The highest BCUT2D eigenvalue weighted by Gasteiger charge is 2.02. The van der Waals surface area contributed by atoms with Gasteiger partial charge in [-0.2, -0.15) is 8.42 Å². The molecule has 7 heteroatoms. The summed E-state index contributed by atoms with van der Waals surface area (Å²) in [5.41, 5.74) is 0. The molecule has 0 spiro atoms. The minimum Gasteiger partial charge on any atom is -0.382 e. The van der Waals surface area contributed by atoms with Crippen molar-refractivity contribution in [3.63, 3.8) is 0 Å². The fourth-order valence-corrected chi connectivity index (χ4v) is 2.87. The Morgan fingerprint density at radius 2 is 0.960 bits per heavy atom. The molecule has 0 saturated carbocycles. The maximum Gasteiger partial charge on any atom is 0.397 e. The zero-order valence-electron chi connectivity index (χ0n) is 15.9. The first-order chi connectivity index (χ1) is 12.1. The van der Waals surface area contributed by atoms with Gasteiger partial charge in [-0.1, -0.05) is 51.4 Å². The molecule has 0 bridgehead atoms. The maximum absolute atomic E-state index is 10.3. The van der Waals surface area contributed by atoms with Crippen LogP contribution in [0, 0.1) is 0 Å². The van der Waals surface area contributed by atoms with Gasteiger partial charge in [-0.25, -0.2) is 4.18 Å². The molecule has 0 aliphatic rings. The van der Waals surface area contributed by atoms with Crippen LogP contribution in [0.3, 0.4) is 0 Å². The third-order valence-corrected chi connectivity index (χ3v) is 4.41. The van der Waals surface area contributed by atoms with Crippen LogP contribution in [0.15, 0.2) is 0 Å². The van der Waals surface area contributed by atoms with Crippen molar-refractivity contribution in [3.8, 4) is 0 Å². The first-order valence-corrected chi connectivity index (χ1v) is 11.2. The first kappa shape index (κ1) is 24.8. The van der Waals surface area contributed by atoms with E-state index in [0.717, 1.165) is 65.0 Å². The first-order valence-electron chi connectivity index (χ1n) is 9.83. The van der Waals surface area contributed by atoms with Gasteiger partial charge in [0.2, 0.25) is 0 Å². The highest BCUT2D eigenvalue weighted by atomic mass is 32.3. The van der Waals surface area contributed by atoms with Gasteiger partial charge in [-0.15, -0.1) is 0 Å². The molecular formula is C18H38O6S. The average Bonchev–Trinajstić information content (AvgIpc) is 2.56. The number of rotatable bonds is 20. The summed E-state index contributed by atoms with van der Waals surface area (Å²) < 4.78 is 44.3. The maximum atomic E-state index is 10.3. The molecule has 25 heavy (non-hydrogen) atoms. The van der Waals surface area contributed by atoms with Crippen molar-refractivity contribution in [2.75, 3.05) is 33.0 Å². The molecule has 6 nitrogen and oxygen atoms in total. The Morgan fingerprint density at radius 1 is 0.600 bits per heavy atom. The SMILES string of the molecule is CCOCCCCCCCCOCCCCCCCCOS(=O)(=O)O. The van der Waals surface area contributed by atoms with Crippen LogP contribution in [0.25, 0.3) is 0 Å². The predicted octanol–water partition coefficient (Wildman–Crippen LogP) is 4.54. The Morgan fingerprint density at radius 3 is 1.36 bits per heavy atom. The second kappa shape index (κ2) is 18.6. The Labute approximate surface area is 154 Å². The summed E-state index contributed by atoms with van der Waals surface area (Å²) in [4.78, 5) is 0. The summed E-state index contributed by atoms with van der Waals surface area (Å²) in [6.45, 7) is 5.52.